The van der Waals surface area contributed by atoms with Crippen LogP contribution in [0.5, 0.6) is 0 Å². The van der Waals surface area contributed by atoms with Gasteiger partial charge in [0, 0.05) is 50.2 Å². The quantitative estimate of drug-likeness (QED) is 0.503. The van der Waals surface area contributed by atoms with Crippen molar-refractivity contribution in [2.24, 2.45) is 5.73 Å². The molecule has 3 aromatic rings. The van der Waals surface area contributed by atoms with Crippen LogP contribution in [0.1, 0.15) is 5.56 Å². The molecule has 9 heteroatoms. The van der Waals surface area contributed by atoms with Gasteiger partial charge in [0.25, 0.3) is 0 Å². The molecular formula is C20H25N9. The first-order valence-electron chi connectivity index (χ1n) is 9.52. The highest BCUT2D eigenvalue weighted by Crippen LogP contribution is 2.23. The Morgan fingerprint density at radius 2 is 2.07 bits per heavy atom. The number of rotatable bonds is 6. The summed E-state index contributed by atoms with van der Waals surface area (Å²) in [7, 11) is 0. The zero-order chi connectivity index (χ0) is 20.2. The zero-order valence-electron chi connectivity index (χ0n) is 16.4. The van der Waals surface area contributed by atoms with Crippen LogP contribution >= 0.6 is 0 Å². The van der Waals surface area contributed by atoms with Crippen LogP contribution in [0.3, 0.4) is 0 Å². The molecule has 0 atom stereocenters. The predicted molar refractivity (Wildman–Crippen MR) is 117 cm³/mol. The maximum atomic E-state index is 6.16. The normalized spacial score (nSPS) is 14.8. The highest BCUT2D eigenvalue weighted by atomic mass is 15.2. The molecule has 0 aromatic carbocycles. The molecule has 4 rings (SSSR count). The Morgan fingerprint density at radius 3 is 2.79 bits per heavy atom. The Balaban J connectivity index is 1.57. The van der Waals surface area contributed by atoms with Gasteiger partial charge in [0.05, 0.1) is 11.9 Å². The minimum Gasteiger partial charge on any atom is -0.384 e. The predicted octanol–water partition coefficient (Wildman–Crippen LogP) is 1.74. The molecule has 150 valence electrons. The highest BCUT2D eigenvalue weighted by Gasteiger charge is 2.13. The second-order valence-corrected chi connectivity index (χ2v) is 6.82. The van der Waals surface area contributed by atoms with Crippen LogP contribution in [-0.2, 0) is 0 Å². The zero-order valence-corrected chi connectivity index (χ0v) is 16.4. The summed E-state index contributed by atoms with van der Waals surface area (Å²) < 4.78 is 1.81. The van der Waals surface area contributed by atoms with E-state index in [1.54, 1.807) is 18.6 Å². The van der Waals surface area contributed by atoms with Crippen molar-refractivity contribution in [3.63, 3.8) is 0 Å². The van der Waals surface area contributed by atoms with Crippen molar-refractivity contribution in [1.29, 1.82) is 0 Å². The van der Waals surface area contributed by atoms with Gasteiger partial charge in [-0.05, 0) is 30.8 Å². The van der Waals surface area contributed by atoms with E-state index in [-0.39, 0.29) is 0 Å². The van der Waals surface area contributed by atoms with Gasteiger partial charge in [-0.2, -0.15) is 4.98 Å². The van der Waals surface area contributed by atoms with Gasteiger partial charge in [0.15, 0.2) is 5.65 Å². The summed E-state index contributed by atoms with van der Waals surface area (Å²) >= 11 is 0. The molecule has 4 heterocycles. The summed E-state index contributed by atoms with van der Waals surface area (Å²) in [5.41, 5.74) is 9.04. The molecule has 1 aliphatic rings. The van der Waals surface area contributed by atoms with E-state index in [9.17, 15) is 0 Å². The average molecular weight is 391 g/mol. The topological polar surface area (TPSA) is 109 Å². The van der Waals surface area contributed by atoms with Gasteiger partial charge in [0.2, 0.25) is 5.95 Å². The first-order valence-corrected chi connectivity index (χ1v) is 9.52. The number of hydrogen-bond donors (Lipinski definition) is 4. The number of pyridine rings is 1. The molecule has 9 nitrogen and oxygen atoms in total. The van der Waals surface area contributed by atoms with Crippen LogP contribution in [0, 0.1) is 6.92 Å². The standard InChI is InChI=1S/C20H25N9/c1-3-22-12-17(21)29-13-14(2)16-11-25-20(27-19(16)29)26-18-5-4-15(10-24-18)28-8-6-23-7-9-28/h3-5,10-13,22-23H,1,6-9,21H2,2H3,(H,24,25,26,27)/b17-12+. The van der Waals surface area contributed by atoms with Crippen molar-refractivity contribution in [1.82, 2.24) is 30.2 Å². The molecule has 3 aromatic heterocycles. The Morgan fingerprint density at radius 1 is 1.24 bits per heavy atom. The lowest BCUT2D eigenvalue weighted by Gasteiger charge is -2.29. The lowest BCUT2D eigenvalue weighted by Crippen LogP contribution is -2.43. The number of nitrogens with two attached hydrogens (primary N) is 1. The first kappa shape index (κ1) is 18.8. The maximum Gasteiger partial charge on any atom is 0.230 e. The minimum absolute atomic E-state index is 0.462. The van der Waals surface area contributed by atoms with E-state index < -0.39 is 0 Å². The fourth-order valence-corrected chi connectivity index (χ4v) is 3.31. The van der Waals surface area contributed by atoms with Crippen LogP contribution in [0.15, 0.2) is 49.7 Å². The lowest BCUT2D eigenvalue weighted by molar-refractivity contribution is 0.589. The van der Waals surface area contributed by atoms with E-state index in [1.807, 2.05) is 30.0 Å². The van der Waals surface area contributed by atoms with Crippen molar-refractivity contribution in [3.05, 3.63) is 55.3 Å². The number of piperazine rings is 1. The molecule has 5 N–H and O–H groups in total. The molecule has 0 unspecified atom stereocenters. The third-order valence-electron chi connectivity index (χ3n) is 4.84. The number of aryl methyl sites for hydroxylation is 1. The van der Waals surface area contributed by atoms with Crippen LogP contribution in [-0.4, -0.2) is 45.7 Å². The molecule has 29 heavy (non-hydrogen) atoms. The Bertz CT molecular complexity index is 1030. The maximum absolute atomic E-state index is 6.16. The summed E-state index contributed by atoms with van der Waals surface area (Å²) in [4.78, 5) is 15.9. The summed E-state index contributed by atoms with van der Waals surface area (Å²) in [5, 5.41) is 10.4. The molecule has 0 spiro atoms. The molecule has 0 radical (unpaired) electrons. The van der Waals surface area contributed by atoms with Gasteiger partial charge in [0.1, 0.15) is 11.6 Å². The monoisotopic (exact) mass is 391 g/mol. The molecule has 0 aliphatic carbocycles. The van der Waals surface area contributed by atoms with E-state index >= 15 is 0 Å². The van der Waals surface area contributed by atoms with Gasteiger partial charge < -0.3 is 26.6 Å². The van der Waals surface area contributed by atoms with E-state index in [0.717, 1.165) is 48.5 Å². The van der Waals surface area contributed by atoms with Crippen LogP contribution in [0.2, 0.25) is 0 Å². The fraction of sp³-hybridized carbons (Fsp3) is 0.250. The highest BCUT2D eigenvalue weighted by molar-refractivity contribution is 5.83. The first-order chi connectivity index (χ1) is 14.2. The van der Waals surface area contributed by atoms with Crippen molar-refractivity contribution in [2.45, 2.75) is 6.92 Å². The molecule has 1 aliphatic heterocycles. The summed E-state index contributed by atoms with van der Waals surface area (Å²) in [6.07, 6.45) is 8.82. The van der Waals surface area contributed by atoms with E-state index in [0.29, 0.717) is 17.6 Å². The average Bonchev–Trinajstić information content (AvgIpc) is 3.09. The van der Waals surface area contributed by atoms with Gasteiger partial charge >= 0.3 is 0 Å². The van der Waals surface area contributed by atoms with Crippen molar-refractivity contribution in [3.8, 4) is 0 Å². The number of aromatic nitrogens is 4. The van der Waals surface area contributed by atoms with E-state index in [1.165, 1.54) is 0 Å². The summed E-state index contributed by atoms with van der Waals surface area (Å²) in [6, 6.07) is 4.01. The van der Waals surface area contributed by atoms with Crippen molar-refractivity contribution in [2.75, 3.05) is 36.4 Å². The number of hydrogen-bond acceptors (Lipinski definition) is 8. The Labute approximate surface area is 169 Å². The van der Waals surface area contributed by atoms with Gasteiger partial charge in [-0.3, -0.25) is 4.57 Å². The van der Waals surface area contributed by atoms with Crippen LogP contribution in [0.25, 0.3) is 16.9 Å². The van der Waals surface area contributed by atoms with Crippen molar-refractivity contribution < 1.29 is 0 Å². The largest absolute Gasteiger partial charge is 0.384 e. The smallest absolute Gasteiger partial charge is 0.230 e. The van der Waals surface area contributed by atoms with Crippen LogP contribution in [0.4, 0.5) is 17.5 Å². The van der Waals surface area contributed by atoms with Crippen LogP contribution < -0.4 is 26.6 Å². The Hall–Kier alpha value is -3.59. The molecular weight excluding hydrogens is 366 g/mol. The molecule has 0 amide bonds. The summed E-state index contributed by atoms with van der Waals surface area (Å²) in [5.74, 6) is 1.66. The Kier molecular flexibility index (Phi) is 5.30. The second kappa shape index (κ2) is 8.19. The number of nitrogens with zero attached hydrogens (tertiary/aromatic N) is 5. The number of anilines is 3. The van der Waals surface area contributed by atoms with Gasteiger partial charge in [-0.1, -0.05) is 6.58 Å². The molecule has 1 fully saturated rings. The third kappa shape index (κ3) is 3.99. The number of nitrogens with one attached hydrogen (secondary N) is 3. The second-order valence-electron chi connectivity index (χ2n) is 6.82. The minimum atomic E-state index is 0.462. The molecule has 0 bridgehead atoms. The number of fused-ring (bicyclic) bond motifs is 1. The third-order valence-corrected chi connectivity index (χ3v) is 4.84. The summed E-state index contributed by atoms with van der Waals surface area (Å²) in [6.45, 7) is 9.58. The van der Waals surface area contributed by atoms with E-state index in [4.69, 9.17) is 5.73 Å². The molecule has 1 saturated heterocycles. The van der Waals surface area contributed by atoms with Gasteiger partial charge in [-0.25, -0.2) is 9.97 Å². The lowest BCUT2D eigenvalue weighted by atomic mass is 10.3. The van der Waals surface area contributed by atoms with Gasteiger partial charge in [-0.15, -0.1) is 0 Å². The molecule has 0 saturated carbocycles. The van der Waals surface area contributed by atoms with Crippen molar-refractivity contribution >= 4 is 34.3 Å². The SMILES string of the molecule is C=CN/C=C(\N)n1cc(C)c2cnc(Nc3ccc(N4CCNCC4)cn3)nc21. The van der Waals surface area contributed by atoms with E-state index in [2.05, 4.69) is 48.4 Å². The fourth-order valence-electron chi connectivity index (χ4n) is 3.31.